The molecule has 0 N–H and O–H groups in total. The van der Waals surface area contributed by atoms with Gasteiger partial charge in [0.15, 0.2) is 0 Å². The lowest BCUT2D eigenvalue weighted by molar-refractivity contribution is -0.879. The van der Waals surface area contributed by atoms with Gasteiger partial charge in [-0.05, 0) is 58.3 Å². The molecule has 2 nitrogen and oxygen atoms in total. The van der Waals surface area contributed by atoms with E-state index in [4.69, 9.17) is 0 Å². The van der Waals surface area contributed by atoms with Gasteiger partial charge in [0, 0.05) is 0 Å². The Morgan fingerprint density at radius 2 is 1.15 bits per heavy atom. The van der Waals surface area contributed by atoms with Crippen LogP contribution < -0.4 is 0 Å². The number of rotatable bonds is 13. The zero-order chi connectivity index (χ0) is 15.1. The van der Waals surface area contributed by atoms with E-state index >= 15 is 0 Å². The Balaban J connectivity index is 3.72. The molecule has 20 heavy (non-hydrogen) atoms. The molecule has 0 aromatic carbocycles. The minimum atomic E-state index is 0.00891. The van der Waals surface area contributed by atoms with Crippen molar-refractivity contribution >= 4 is 0 Å². The van der Waals surface area contributed by atoms with Crippen LogP contribution in [0, 0.1) is 5.21 Å². The molecule has 0 amide bonds. The molecule has 0 aliphatic heterocycles. The Kier molecular flexibility index (Phi) is 13.0. The normalized spacial score (nSPS) is 12.8. The van der Waals surface area contributed by atoms with Crippen LogP contribution in [0.15, 0.2) is 24.3 Å². The average molecular weight is 281 g/mol. The Bertz CT molecular complexity index is 236. The van der Waals surface area contributed by atoms with Gasteiger partial charge < -0.3 is 9.85 Å². The van der Waals surface area contributed by atoms with Crippen molar-refractivity contribution in [3.63, 3.8) is 0 Å². The molecule has 0 radical (unpaired) electrons. The molecule has 0 rings (SSSR count). The molecule has 0 bridgehead atoms. The van der Waals surface area contributed by atoms with Gasteiger partial charge in [-0.1, -0.05) is 38.2 Å². The summed E-state index contributed by atoms with van der Waals surface area (Å²) in [5.74, 6) is 0. The van der Waals surface area contributed by atoms with Crippen molar-refractivity contribution in [1.29, 1.82) is 0 Å². The van der Waals surface area contributed by atoms with Crippen molar-refractivity contribution in [3.8, 4) is 0 Å². The van der Waals surface area contributed by atoms with E-state index in [-0.39, 0.29) is 4.65 Å². The Morgan fingerprint density at radius 3 is 1.50 bits per heavy atom. The van der Waals surface area contributed by atoms with E-state index in [1.165, 1.54) is 0 Å². The van der Waals surface area contributed by atoms with Crippen LogP contribution in [0.3, 0.4) is 0 Å². The Hall–Kier alpha value is -0.600. The molecule has 0 aromatic heterocycles. The van der Waals surface area contributed by atoms with Crippen LogP contribution in [0.5, 0.6) is 0 Å². The highest BCUT2D eigenvalue weighted by molar-refractivity contribution is 4.80. The van der Waals surface area contributed by atoms with Gasteiger partial charge in [-0.2, -0.15) is 0 Å². The van der Waals surface area contributed by atoms with Crippen LogP contribution in [0.2, 0.25) is 0 Å². The van der Waals surface area contributed by atoms with Crippen LogP contribution in [0.25, 0.3) is 0 Å². The van der Waals surface area contributed by atoms with E-state index in [0.29, 0.717) is 0 Å². The molecule has 0 unspecified atom stereocenters. The Labute approximate surface area is 126 Å². The predicted molar refractivity (Wildman–Crippen MR) is 90.5 cm³/mol. The fraction of sp³-hybridized carbons (Fsp3) is 0.778. The van der Waals surface area contributed by atoms with Gasteiger partial charge in [-0.15, -0.1) is 0 Å². The lowest BCUT2D eigenvalue weighted by atomic mass is 10.2. The summed E-state index contributed by atoms with van der Waals surface area (Å²) in [6.45, 7) is 8.64. The number of quaternary nitrogens is 1. The molecule has 0 heterocycles. The number of hydrogen-bond donors (Lipinski definition) is 0. The second-order valence-corrected chi connectivity index (χ2v) is 5.57. The van der Waals surface area contributed by atoms with Crippen molar-refractivity contribution in [2.75, 3.05) is 19.6 Å². The summed E-state index contributed by atoms with van der Waals surface area (Å²) >= 11 is 0. The summed E-state index contributed by atoms with van der Waals surface area (Å²) in [7, 11) is 0. The summed E-state index contributed by atoms with van der Waals surface area (Å²) < 4.78 is 0.00891. The highest BCUT2D eigenvalue weighted by Crippen LogP contribution is 2.12. The Morgan fingerprint density at radius 1 is 0.700 bits per heavy atom. The van der Waals surface area contributed by atoms with Gasteiger partial charge in [-0.3, -0.25) is 0 Å². The topological polar surface area (TPSA) is 23.1 Å². The smallest absolute Gasteiger partial charge is 0.0783 e. The highest BCUT2D eigenvalue weighted by atomic mass is 16.5. The largest absolute Gasteiger partial charge is 0.633 e. The fourth-order valence-corrected chi connectivity index (χ4v) is 2.32. The SMILES string of the molecule is CC/C=C/CCCC[N+]([O-])(CC)CCCC/C=C/CC. The minimum Gasteiger partial charge on any atom is -0.633 e. The van der Waals surface area contributed by atoms with Gasteiger partial charge in [0.2, 0.25) is 0 Å². The first-order valence-electron chi connectivity index (χ1n) is 8.55. The molecule has 0 fully saturated rings. The highest BCUT2D eigenvalue weighted by Gasteiger charge is 2.12. The van der Waals surface area contributed by atoms with Crippen LogP contribution in [0.4, 0.5) is 0 Å². The lowest BCUT2D eigenvalue weighted by Gasteiger charge is -2.42. The van der Waals surface area contributed by atoms with E-state index in [2.05, 4.69) is 38.2 Å². The number of unbranched alkanes of at least 4 members (excludes halogenated alkanes) is 4. The van der Waals surface area contributed by atoms with Gasteiger partial charge >= 0.3 is 0 Å². The first-order chi connectivity index (χ1) is 9.68. The molecule has 0 atom stereocenters. The van der Waals surface area contributed by atoms with Crippen molar-refractivity contribution in [2.45, 2.75) is 72.1 Å². The van der Waals surface area contributed by atoms with Crippen LogP contribution >= 0.6 is 0 Å². The quantitative estimate of drug-likeness (QED) is 0.187. The number of hydrogen-bond acceptors (Lipinski definition) is 1. The average Bonchev–Trinajstić information content (AvgIpc) is 2.46. The van der Waals surface area contributed by atoms with Gasteiger partial charge in [0.05, 0.1) is 19.6 Å². The van der Waals surface area contributed by atoms with Crippen LogP contribution in [-0.4, -0.2) is 24.3 Å². The van der Waals surface area contributed by atoms with E-state index < -0.39 is 0 Å². The maximum atomic E-state index is 12.6. The predicted octanol–water partition coefficient (Wildman–Crippen LogP) is 5.59. The fourth-order valence-electron chi connectivity index (χ4n) is 2.32. The molecular weight excluding hydrogens is 246 g/mol. The van der Waals surface area contributed by atoms with E-state index in [9.17, 15) is 5.21 Å². The van der Waals surface area contributed by atoms with E-state index in [1.54, 1.807) is 0 Å². The van der Waals surface area contributed by atoms with Gasteiger partial charge in [-0.25, -0.2) is 0 Å². The second kappa shape index (κ2) is 13.4. The van der Waals surface area contributed by atoms with Crippen molar-refractivity contribution in [3.05, 3.63) is 29.5 Å². The van der Waals surface area contributed by atoms with Gasteiger partial charge in [0.1, 0.15) is 0 Å². The van der Waals surface area contributed by atoms with Crippen LogP contribution in [0.1, 0.15) is 72.1 Å². The maximum Gasteiger partial charge on any atom is 0.0783 e. The summed E-state index contributed by atoms with van der Waals surface area (Å²) in [6, 6.07) is 0. The molecule has 0 spiro atoms. The third-order valence-electron chi connectivity index (χ3n) is 3.75. The van der Waals surface area contributed by atoms with E-state index in [0.717, 1.165) is 71.0 Å². The number of allylic oxidation sites excluding steroid dienone is 4. The minimum absolute atomic E-state index is 0.00891. The monoisotopic (exact) mass is 281 g/mol. The molecule has 0 saturated heterocycles. The molecule has 0 aromatic rings. The molecule has 0 aliphatic carbocycles. The first-order valence-corrected chi connectivity index (χ1v) is 8.55. The van der Waals surface area contributed by atoms with Gasteiger partial charge in [0.25, 0.3) is 0 Å². The third kappa shape index (κ3) is 11.2. The third-order valence-corrected chi connectivity index (χ3v) is 3.75. The zero-order valence-electron chi connectivity index (χ0n) is 13.9. The van der Waals surface area contributed by atoms with Crippen LogP contribution in [-0.2, 0) is 0 Å². The summed E-state index contributed by atoms with van der Waals surface area (Å²) in [6.07, 6.45) is 17.8. The van der Waals surface area contributed by atoms with Crippen molar-refractivity contribution in [1.82, 2.24) is 0 Å². The molecular formula is C18H35NO. The zero-order valence-corrected chi connectivity index (χ0v) is 13.9. The summed E-state index contributed by atoms with van der Waals surface area (Å²) in [5.41, 5.74) is 0. The first kappa shape index (κ1) is 19.4. The molecule has 0 aliphatic rings. The second-order valence-electron chi connectivity index (χ2n) is 5.57. The molecule has 2 heteroatoms. The summed E-state index contributed by atoms with van der Waals surface area (Å²) in [5, 5.41) is 12.6. The molecule has 118 valence electrons. The van der Waals surface area contributed by atoms with E-state index in [1.807, 2.05) is 6.92 Å². The summed E-state index contributed by atoms with van der Waals surface area (Å²) in [4.78, 5) is 0. The molecule has 0 saturated carbocycles. The lowest BCUT2D eigenvalue weighted by Crippen LogP contribution is -2.43. The van der Waals surface area contributed by atoms with Crippen molar-refractivity contribution in [2.24, 2.45) is 0 Å². The number of hydroxylamine groups is 3. The standard InChI is InChI=1S/C18H35NO/c1-4-7-9-11-13-15-17-19(20,6-3)18-16-14-12-10-8-5-2/h7-10H,4-6,11-18H2,1-3H3/b9-7+,10-8+. The maximum absolute atomic E-state index is 12.6. The van der Waals surface area contributed by atoms with Crippen molar-refractivity contribution < 1.29 is 4.65 Å². The number of nitrogens with zero attached hydrogens (tertiary/aromatic N) is 1.